The molecule has 0 spiro atoms. The van der Waals surface area contributed by atoms with Gasteiger partial charge in [0.25, 0.3) is 0 Å². The molecule has 0 radical (unpaired) electrons. The highest BCUT2D eigenvalue weighted by atomic mass is 35.5. The number of nitrogens with one attached hydrogen (secondary N) is 3. The van der Waals surface area contributed by atoms with Crippen LogP contribution in [0.3, 0.4) is 0 Å². The van der Waals surface area contributed by atoms with E-state index in [1.807, 2.05) is 13.0 Å². The Hall–Kier alpha value is -2.47. The van der Waals surface area contributed by atoms with Gasteiger partial charge >= 0.3 is 6.03 Å². The number of anilines is 1. The van der Waals surface area contributed by atoms with E-state index in [0.29, 0.717) is 16.5 Å². The molecule has 3 amide bonds. The first-order valence-electron chi connectivity index (χ1n) is 6.64. The van der Waals surface area contributed by atoms with Crippen LogP contribution in [0.4, 0.5) is 10.5 Å². The molecule has 2 rings (SSSR count). The Bertz CT molecular complexity index is 656. The van der Waals surface area contributed by atoms with E-state index < -0.39 is 6.03 Å². The van der Waals surface area contributed by atoms with Crippen molar-refractivity contribution in [2.75, 3.05) is 11.9 Å². The Balaban J connectivity index is 1.74. The number of urea groups is 1. The maximum atomic E-state index is 11.8. The van der Waals surface area contributed by atoms with Gasteiger partial charge in [0.15, 0.2) is 0 Å². The summed E-state index contributed by atoms with van der Waals surface area (Å²) in [6.07, 6.45) is 1.52. The van der Waals surface area contributed by atoms with Crippen molar-refractivity contribution in [2.24, 2.45) is 0 Å². The van der Waals surface area contributed by atoms with Gasteiger partial charge in [-0.25, -0.2) is 4.79 Å². The molecule has 22 heavy (non-hydrogen) atoms. The van der Waals surface area contributed by atoms with E-state index in [1.165, 1.54) is 6.26 Å². The number of aryl methyl sites for hydroxylation is 1. The molecule has 1 aromatic carbocycles. The van der Waals surface area contributed by atoms with Gasteiger partial charge in [0.1, 0.15) is 5.76 Å². The van der Waals surface area contributed by atoms with Crippen LogP contribution in [-0.4, -0.2) is 18.5 Å². The number of halogens is 1. The molecule has 0 fully saturated rings. The van der Waals surface area contributed by atoms with Crippen LogP contribution in [0.2, 0.25) is 5.02 Å². The molecule has 1 heterocycles. The maximum absolute atomic E-state index is 11.8. The average molecular weight is 322 g/mol. The first-order valence-corrected chi connectivity index (χ1v) is 7.02. The summed E-state index contributed by atoms with van der Waals surface area (Å²) >= 11 is 6.02. The lowest BCUT2D eigenvalue weighted by Gasteiger charge is -2.09. The summed E-state index contributed by atoms with van der Waals surface area (Å²) < 4.78 is 5.07. The molecule has 0 aliphatic heterocycles. The molecule has 0 saturated heterocycles. The molecule has 0 unspecified atom stereocenters. The van der Waals surface area contributed by atoms with E-state index in [9.17, 15) is 9.59 Å². The minimum absolute atomic E-state index is 0.159. The van der Waals surface area contributed by atoms with Crippen LogP contribution in [-0.2, 0) is 11.3 Å². The second kappa shape index (κ2) is 7.51. The highest BCUT2D eigenvalue weighted by molar-refractivity contribution is 6.33. The van der Waals surface area contributed by atoms with E-state index in [4.69, 9.17) is 16.0 Å². The van der Waals surface area contributed by atoms with Crippen molar-refractivity contribution in [3.05, 3.63) is 52.9 Å². The van der Waals surface area contributed by atoms with Gasteiger partial charge in [-0.1, -0.05) is 17.7 Å². The monoisotopic (exact) mass is 321 g/mol. The van der Waals surface area contributed by atoms with Crippen LogP contribution in [0.15, 0.2) is 41.0 Å². The number of benzene rings is 1. The largest absolute Gasteiger partial charge is 0.467 e. The van der Waals surface area contributed by atoms with Crippen LogP contribution in [0.1, 0.15) is 11.3 Å². The molecule has 116 valence electrons. The Labute approximate surface area is 132 Å². The van der Waals surface area contributed by atoms with Gasteiger partial charge in [-0.05, 0) is 36.8 Å². The SMILES string of the molecule is Cc1ccc(NC(=O)CNC(=O)NCc2ccco2)c(Cl)c1. The summed E-state index contributed by atoms with van der Waals surface area (Å²) in [6.45, 7) is 2.00. The molecule has 2 aromatic rings. The number of carbonyl (C=O) groups excluding carboxylic acids is 2. The third kappa shape index (κ3) is 4.82. The van der Waals surface area contributed by atoms with Crippen molar-refractivity contribution in [3.8, 4) is 0 Å². The van der Waals surface area contributed by atoms with Gasteiger partial charge in [0, 0.05) is 0 Å². The predicted molar refractivity (Wildman–Crippen MR) is 83.8 cm³/mol. The third-order valence-corrected chi connectivity index (χ3v) is 3.12. The average Bonchev–Trinajstić information content (AvgIpc) is 2.99. The molecular formula is C15H16ClN3O3. The van der Waals surface area contributed by atoms with Crippen molar-refractivity contribution < 1.29 is 14.0 Å². The minimum Gasteiger partial charge on any atom is -0.467 e. The van der Waals surface area contributed by atoms with Crippen LogP contribution in [0.25, 0.3) is 0 Å². The fraction of sp³-hybridized carbons (Fsp3) is 0.200. The Morgan fingerprint density at radius 3 is 2.73 bits per heavy atom. The quantitative estimate of drug-likeness (QED) is 0.791. The molecule has 7 heteroatoms. The summed E-state index contributed by atoms with van der Waals surface area (Å²) in [7, 11) is 0. The molecule has 0 aliphatic rings. The second-order valence-electron chi connectivity index (χ2n) is 4.65. The molecular weight excluding hydrogens is 306 g/mol. The minimum atomic E-state index is -0.457. The van der Waals surface area contributed by atoms with Crippen LogP contribution < -0.4 is 16.0 Å². The lowest BCUT2D eigenvalue weighted by Crippen LogP contribution is -2.39. The molecule has 6 nitrogen and oxygen atoms in total. The fourth-order valence-electron chi connectivity index (χ4n) is 1.72. The lowest BCUT2D eigenvalue weighted by atomic mass is 10.2. The van der Waals surface area contributed by atoms with E-state index in [0.717, 1.165) is 5.56 Å². The zero-order chi connectivity index (χ0) is 15.9. The standard InChI is InChI=1S/C15H16ClN3O3/c1-10-4-5-13(12(16)7-10)19-14(20)9-18-15(21)17-8-11-3-2-6-22-11/h2-7H,8-9H2,1H3,(H,19,20)(H2,17,18,21). The molecule has 0 saturated carbocycles. The number of carbonyl (C=O) groups is 2. The van der Waals surface area contributed by atoms with Crippen molar-refractivity contribution in [2.45, 2.75) is 13.5 Å². The second-order valence-corrected chi connectivity index (χ2v) is 5.05. The highest BCUT2D eigenvalue weighted by Crippen LogP contribution is 2.22. The smallest absolute Gasteiger partial charge is 0.315 e. The van der Waals surface area contributed by atoms with Crippen molar-refractivity contribution >= 4 is 29.2 Å². The summed E-state index contributed by atoms with van der Waals surface area (Å²) in [5, 5.41) is 8.11. The van der Waals surface area contributed by atoms with Crippen molar-refractivity contribution in [3.63, 3.8) is 0 Å². The number of furan rings is 1. The molecule has 3 N–H and O–H groups in total. The summed E-state index contributed by atoms with van der Waals surface area (Å²) in [5.41, 5.74) is 1.51. The zero-order valence-electron chi connectivity index (χ0n) is 12.0. The van der Waals surface area contributed by atoms with Crippen molar-refractivity contribution in [1.29, 1.82) is 0 Å². The Morgan fingerprint density at radius 2 is 2.05 bits per heavy atom. The van der Waals surface area contributed by atoms with Gasteiger partial charge in [0.05, 0.1) is 30.1 Å². The summed E-state index contributed by atoms with van der Waals surface area (Å²) in [4.78, 5) is 23.3. The highest BCUT2D eigenvalue weighted by Gasteiger charge is 2.08. The Kier molecular flexibility index (Phi) is 5.43. The van der Waals surface area contributed by atoms with Crippen molar-refractivity contribution in [1.82, 2.24) is 10.6 Å². The van der Waals surface area contributed by atoms with Crippen LogP contribution >= 0.6 is 11.6 Å². The van der Waals surface area contributed by atoms with Gasteiger partial charge in [-0.2, -0.15) is 0 Å². The Morgan fingerprint density at radius 1 is 1.23 bits per heavy atom. The van der Waals surface area contributed by atoms with E-state index >= 15 is 0 Å². The predicted octanol–water partition coefficient (Wildman–Crippen LogP) is 2.68. The van der Waals surface area contributed by atoms with Gasteiger partial charge in [-0.15, -0.1) is 0 Å². The van der Waals surface area contributed by atoms with Gasteiger partial charge in [-0.3, -0.25) is 4.79 Å². The number of rotatable bonds is 5. The maximum Gasteiger partial charge on any atom is 0.315 e. The molecule has 0 aliphatic carbocycles. The summed E-state index contributed by atoms with van der Waals surface area (Å²) in [6, 6.07) is 8.32. The van der Waals surface area contributed by atoms with Crippen LogP contribution in [0, 0.1) is 6.92 Å². The molecule has 0 atom stereocenters. The van der Waals surface area contributed by atoms with Gasteiger partial charge in [0.2, 0.25) is 5.91 Å². The van der Waals surface area contributed by atoms with Crippen LogP contribution in [0.5, 0.6) is 0 Å². The fourth-order valence-corrected chi connectivity index (χ4v) is 2.00. The molecule has 0 bridgehead atoms. The third-order valence-electron chi connectivity index (χ3n) is 2.81. The van der Waals surface area contributed by atoms with Gasteiger partial charge < -0.3 is 20.4 Å². The topological polar surface area (TPSA) is 83.4 Å². The number of hydrogen-bond acceptors (Lipinski definition) is 3. The van der Waals surface area contributed by atoms with E-state index in [-0.39, 0.29) is 19.0 Å². The number of amides is 3. The normalized spacial score (nSPS) is 10.1. The zero-order valence-corrected chi connectivity index (χ0v) is 12.7. The summed E-state index contributed by atoms with van der Waals surface area (Å²) in [5.74, 6) is 0.268. The lowest BCUT2D eigenvalue weighted by molar-refractivity contribution is -0.115. The first-order chi connectivity index (χ1) is 10.5. The molecule has 1 aromatic heterocycles. The number of hydrogen-bond donors (Lipinski definition) is 3. The van der Waals surface area contributed by atoms with E-state index in [2.05, 4.69) is 16.0 Å². The first kappa shape index (κ1) is 15.9. The van der Waals surface area contributed by atoms with E-state index in [1.54, 1.807) is 24.3 Å².